The summed E-state index contributed by atoms with van der Waals surface area (Å²) in [5.41, 5.74) is 1.91. The zero-order chi connectivity index (χ0) is 19.1. The summed E-state index contributed by atoms with van der Waals surface area (Å²) in [6.45, 7) is 2.21. The molecule has 0 radical (unpaired) electrons. The maximum Gasteiger partial charge on any atom is 0.336 e. The number of nitrogens with zero attached hydrogens (tertiary/aromatic N) is 2. The fourth-order valence-corrected chi connectivity index (χ4v) is 3.66. The van der Waals surface area contributed by atoms with Crippen molar-refractivity contribution in [3.63, 3.8) is 0 Å². The Morgan fingerprint density at radius 3 is 2.67 bits per heavy atom. The van der Waals surface area contributed by atoms with Crippen molar-refractivity contribution in [3.8, 4) is 0 Å². The van der Waals surface area contributed by atoms with Crippen LogP contribution >= 0.6 is 23.2 Å². The van der Waals surface area contributed by atoms with Crippen molar-refractivity contribution in [1.29, 1.82) is 0 Å². The van der Waals surface area contributed by atoms with Crippen molar-refractivity contribution < 1.29 is 4.42 Å². The summed E-state index contributed by atoms with van der Waals surface area (Å²) >= 11 is 12.1. The first-order valence-electron chi connectivity index (χ1n) is 8.36. The van der Waals surface area contributed by atoms with Gasteiger partial charge in [0.05, 0.1) is 28.8 Å². The number of aromatic nitrogens is 2. The van der Waals surface area contributed by atoms with E-state index in [1.165, 1.54) is 17.0 Å². The van der Waals surface area contributed by atoms with Crippen LogP contribution in [-0.2, 0) is 13.0 Å². The second-order valence-electron chi connectivity index (χ2n) is 6.24. The predicted molar refractivity (Wildman–Crippen MR) is 107 cm³/mol. The van der Waals surface area contributed by atoms with Gasteiger partial charge in [-0.3, -0.25) is 9.36 Å². The molecule has 0 saturated heterocycles. The molecule has 2 heterocycles. The number of hydrogen-bond acceptors (Lipinski definition) is 4. The molecule has 7 heteroatoms. The summed E-state index contributed by atoms with van der Waals surface area (Å²) in [5, 5.41) is 1.79. The highest BCUT2D eigenvalue weighted by molar-refractivity contribution is 6.38. The van der Waals surface area contributed by atoms with Gasteiger partial charge in [0, 0.05) is 16.5 Å². The zero-order valence-corrected chi connectivity index (χ0v) is 15.8. The van der Waals surface area contributed by atoms with Crippen LogP contribution in [0.5, 0.6) is 0 Å². The van der Waals surface area contributed by atoms with E-state index in [1.54, 1.807) is 12.1 Å². The Balaban J connectivity index is 1.89. The molecule has 0 amide bonds. The largest absolute Gasteiger partial charge is 0.423 e. The van der Waals surface area contributed by atoms with Crippen LogP contribution in [0.2, 0.25) is 10.0 Å². The fraction of sp³-hybridized carbons (Fsp3) is 0.150. The summed E-state index contributed by atoms with van der Waals surface area (Å²) in [5.74, 6) is 0. The molecule has 0 aliphatic heterocycles. The van der Waals surface area contributed by atoms with Gasteiger partial charge >= 0.3 is 5.63 Å². The van der Waals surface area contributed by atoms with Gasteiger partial charge in [-0.15, -0.1) is 0 Å². The van der Waals surface area contributed by atoms with Crippen LogP contribution in [0.15, 0.2) is 56.7 Å². The molecule has 0 aliphatic carbocycles. The quantitative estimate of drug-likeness (QED) is 0.477. The number of fused-ring (bicyclic) bond motifs is 2. The molecule has 0 bridgehead atoms. The number of halogens is 2. The molecule has 2 aromatic carbocycles. The average Bonchev–Trinajstić information content (AvgIpc) is 2.63. The van der Waals surface area contributed by atoms with Gasteiger partial charge in [0.2, 0.25) is 0 Å². The molecule has 4 rings (SSSR count). The van der Waals surface area contributed by atoms with Crippen LogP contribution < -0.4 is 11.2 Å². The molecule has 2 aromatic heterocycles. The van der Waals surface area contributed by atoms with Gasteiger partial charge < -0.3 is 4.42 Å². The molecule has 0 atom stereocenters. The van der Waals surface area contributed by atoms with Gasteiger partial charge in [-0.25, -0.2) is 9.78 Å². The van der Waals surface area contributed by atoms with Crippen molar-refractivity contribution in [2.45, 2.75) is 19.9 Å². The fourth-order valence-electron chi connectivity index (χ4n) is 3.12. The number of benzene rings is 2. The highest BCUT2D eigenvalue weighted by atomic mass is 35.5. The first-order chi connectivity index (χ1) is 13.0. The third kappa shape index (κ3) is 3.24. The normalized spacial score (nSPS) is 11.4. The molecular formula is C20H14Cl2N2O3. The van der Waals surface area contributed by atoms with E-state index in [0.29, 0.717) is 32.1 Å². The first kappa shape index (κ1) is 17.8. The van der Waals surface area contributed by atoms with E-state index in [0.717, 1.165) is 17.4 Å². The molecule has 0 N–H and O–H groups in total. The third-order valence-corrected chi connectivity index (χ3v) is 5.00. The average molecular weight is 401 g/mol. The van der Waals surface area contributed by atoms with Crippen molar-refractivity contribution in [2.24, 2.45) is 0 Å². The molecule has 0 fully saturated rings. The van der Waals surface area contributed by atoms with E-state index in [9.17, 15) is 9.59 Å². The van der Waals surface area contributed by atoms with Crippen molar-refractivity contribution >= 4 is 45.1 Å². The Hall–Kier alpha value is -2.63. The zero-order valence-electron chi connectivity index (χ0n) is 14.3. The summed E-state index contributed by atoms with van der Waals surface area (Å²) in [6.07, 6.45) is 2.25. The van der Waals surface area contributed by atoms with Crippen LogP contribution in [0.25, 0.3) is 21.9 Å². The van der Waals surface area contributed by atoms with Crippen LogP contribution in [0.1, 0.15) is 18.1 Å². The van der Waals surface area contributed by atoms with E-state index in [4.69, 9.17) is 27.6 Å². The van der Waals surface area contributed by atoms with Crippen LogP contribution in [0.4, 0.5) is 0 Å². The Kier molecular flexibility index (Phi) is 4.50. The molecule has 27 heavy (non-hydrogen) atoms. The maximum atomic E-state index is 12.9. The minimum atomic E-state index is -0.460. The van der Waals surface area contributed by atoms with Crippen LogP contribution in [0.3, 0.4) is 0 Å². The van der Waals surface area contributed by atoms with E-state index < -0.39 is 5.63 Å². The lowest BCUT2D eigenvalue weighted by Gasteiger charge is -2.10. The Bertz CT molecular complexity index is 1310. The van der Waals surface area contributed by atoms with E-state index in [-0.39, 0.29) is 12.1 Å². The molecule has 0 aliphatic rings. The molecule has 0 spiro atoms. The smallest absolute Gasteiger partial charge is 0.336 e. The summed E-state index contributed by atoms with van der Waals surface area (Å²) in [7, 11) is 0. The lowest BCUT2D eigenvalue weighted by atomic mass is 10.1. The Morgan fingerprint density at radius 1 is 1.07 bits per heavy atom. The second kappa shape index (κ2) is 6.83. The monoisotopic (exact) mass is 400 g/mol. The van der Waals surface area contributed by atoms with Gasteiger partial charge in [-0.2, -0.15) is 0 Å². The second-order valence-corrected chi connectivity index (χ2v) is 7.08. The number of hydrogen-bond donors (Lipinski definition) is 0. The molecule has 4 aromatic rings. The SMILES string of the molecule is CCc1ccc2c(Cn3cnc4c(Cl)cc(Cl)cc4c3=O)cc(=O)oc2c1. The molecular weight excluding hydrogens is 387 g/mol. The summed E-state index contributed by atoms with van der Waals surface area (Å²) < 4.78 is 6.75. The maximum absolute atomic E-state index is 12.9. The predicted octanol–water partition coefficient (Wildman–Crippen LogP) is 4.42. The highest BCUT2D eigenvalue weighted by Gasteiger charge is 2.12. The molecule has 0 saturated carbocycles. The highest BCUT2D eigenvalue weighted by Crippen LogP contribution is 2.24. The first-order valence-corrected chi connectivity index (χ1v) is 9.11. The third-order valence-electron chi connectivity index (χ3n) is 4.49. The van der Waals surface area contributed by atoms with Crippen molar-refractivity contribution in [3.05, 3.63) is 84.7 Å². The molecule has 5 nitrogen and oxygen atoms in total. The number of rotatable bonds is 3. The Labute approximate surface area is 163 Å². The minimum Gasteiger partial charge on any atom is -0.423 e. The van der Waals surface area contributed by atoms with Gasteiger partial charge in [0.15, 0.2) is 0 Å². The lowest BCUT2D eigenvalue weighted by Crippen LogP contribution is -2.22. The minimum absolute atomic E-state index is 0.180. The van der Waals surface area contributed by atoms with Crippen LogP contribution in [0, 0.1) is 0 Å². The number of aryl methyl sites for hydroxylation is 1. The molecule has 0 unspecified atom stereocenters. The topological polar surface area (TPSA) is 65.1 Å². The Morgan fingerprint density at radius 2 is 1.89 bits per heavy atom. The standard InChI is InChI=1S/C20H14Cl2N2O3/c1-2-11-3-4-14-12(6-18(25)27-17(14)5-11)9-24-10-23-19-15(20(24)26)7-13(21)8-16(19)22/h3-8,10H,2,9H2,1H3. The van der Waals surface area contributed by atoms with E-state index >= 15 is 0 Å². The van der Waals surface area contributed by atoms with Gasteiger partial charge in [-0.1, -0.05) is 42.3 Å². The van der Waals surface area contributed by atoms with Gasteiger partial charge in [-0.05, 0) is 35.7 Å². The van der Waals surface area contributed by atoms with E-state index in [1.807, 2.05) is 25.1 Å². The summed E-state index contributed by atoms with van der Waals surface area (Å²) in [6, 6.07) is 10.2. The van der Waals surface area contributed by atoms with E-state index in [2.05, 4.69) is 4.98 Å². The summed E-state index contributed by atoms with van der Waals surface area (Å²) in [4.78, 5) is 29.1. The van der Waals surface area contributed by atoms with Gasteiger partial charge in [0.25, 0.3) is 5.56 Å². The lowest BCUT2D eigenvalue weighted by molar-refractivity contribution is 0.557. The van der Waals surface area contributed by atoms with Crippen molar-refractivity contribution in [1.82, 2.24) is 9.55 Å². The van der Waals surface area contributed by atoms with Crippen LogP contribution in [-0.4, -0.2) is 9.55 Å². The van der Waals surface area contributed by atoms with Gasteiger partial charge in [0.1, 0.15) is 5.58 Å². The molecule has 136 valence electrons. The van der Waals surface area contributed by atoms with Crippen molar-refractivity contribution in [2.75, 3.05) is 0 Å².